The molecule has 4 aromatic rings. The van der Waals surface area contributed by atoms with Gasteiger partial charge in [0.25, 0.3) is 11.5 Å². The molecule has 7 heteroatoms. The van der Waals surface area contributed by atoms with Crippen LogP contribution in [0.1, 0.15) is 32.2 Å². The molecule has 3 aromatic heterocycles. The molecule has 0 atom stereocenters. The largest absolute Gasteiger partial charge is 0.327 e. The number of fused-ring (bicyclic) bond motifs is 1. The van der Waals surface area contributed by atoms with Crippen LogP contribution in [0.3, 0.4) is 0 Å². The van der Waals surface area contributed by atoms with Crippen LogP contribution in [0.25, 0.3) is 10.2 Å². The summed E-state index contributed by atoms with van der Waals surface area (Å²) in [4.78, 5) is 40.7. The molecule has 146 valence electrons. The van der Waals surface area contributed by atoms with Gasteiger partial charge in [-0.15, -0.1) is 11.3 Å². The zero-order chi connectivity index (χ0) is 20.4. The molecule has 0 fully saturated rings. The molecule has 0 aliphatic carbocycles. The summed E-state index contributed by atoms with van der Waals surface area (Å²) in [5.41, 5.74) is 2.28. The van der Waals surface area contributed by atoms with Crippen molar-refractivity contribution in [3.8, 4) is 0 Å². The fourth-order valence-corrected chi connectivity index (χ4v) is 4.28. The van der Waals surface area contributed by atoms with Crippen LogP contribution >= 0.6 is 11.3 Å². The summed E-state index contributed by atoms with van der Waals surface area (Å²) < 4.78 is 0. The van der Waals surface area contributed by atoms with E-state index in [4.69, 9.17) is 0 Å². The number of aromatic nitrogens is 3. The summed E-state index contributed by atoms with van der Waals surface area (Å²) in [6.07, 6.45) is 3.18. The van der Waals surface area contributed by atoms with E-state index < -0.39 is 0 Å². The van der Waals surface area contributed by atoms with Gasteiger partial charge < -0.3 is 9.88 Å². The maximum absolute atomic E-state index is 13.1. The van der Waals surface area contributed by atoms with Gasteiger partial charge in [0, 0.05) is 23.8 Å². The smallest absolute Gasteiger partial charge is 0.259 e. The number of amides is 1. The number of nitrogens with zero attached hydrogens (tertiary/aromatic N) is 3. The molecule has 0 aliphatic rings. The van der Waals surface area contributed by atoms with Crippen LogP contribution in [0.2, 0.25) is 0 Å². The molecule has 1 aromatic carbocycles. The lowest BCUT2D eigenvalue weighted by atomic mass is 10.2. The van der Waals surface area contributed by atoms with Crippen LogP contribution in [0, 0.1) is 13.8 Å². The lowest BCUT2D eigenvalue weighted by Gasteiger charge is -2.22. The first-order valence-corrected chi connectivity index (χ1v) is 10.1. The molecule has 1 amide bonds. The first kappa shape index (κ1) is 19.0. The fourth-order valence-electron chi connectivity index (χ4n) is 3.23. The Morgan fingerprint density at radius 1 is 1.10 bits per heavy atom. The fraction of sp³-hybridized carbons (Fsp3) is 0.182. The Morgan fingerprint density at radius 3 is 2.62 bits per heavy atom. The highest BCUT2D eigenvalue weighted by Gasteiger charge is 2.19. The number of benzene rings is 1. The van der Waals surface area contributed by atoms with E-state index in [1.807, 2.05) is 44.2 Å². The first-order chi connectivity index (χ1) is 14.0. The Balaban J connectivity index is 1.70. The minimum absolute atomic E-state index is 0.164. The van der Waals surface area contributed by atoms with Crippen molar-refractivity contribution in [2.75, 3.05) is 0 Å². The van der Waals surface area contributed by atoms with Crippen LogP contribution in [-0.2, 0) is 13.1 Å². The average molecular weight is 404 g/mol. The number of hydrogen-bond acceptors (Lipinski definition) is 5. The summed E-state index contributed by atoms with van der Waals surface area (Å²) in [6, 6.07) is 13.2. The van der Waals surface area contributed by atoms with Gasteiger partial charge in [-0.1, -0.05) is 30.3 Å². The van der Waals surface area contributed by atoms with E-state index >= 15 is 0 Å². The molecule has 6 nitrogen and oxygen atoms in total. The number of rotatable bonds is 5. The number of hydrogen-bond donors (Lipinski definition) is 1. The SMILES string of the molecule is Cc1sc2nc(CN(Cc3ccccc3)C(=O)c3cccnc3)[nH]c(=O)c2c1C. The maximum atomic E-state index is 13.1. The third-order valence-electron chi connectivity index (χ3n) is 4.84. The molecule has 0 aliphatic heterocycles. The molecule has 0 bridgehead atoms. The van der Waals surface area contributed by atoms with Gasteiger partial charge in [-0.3, -0.25) is 14.6 Å². The Labute approximate surface area is 171 Å². The summed E-state index contributed by atoms with van der Waals surface area (Å²) in [5.74, 6) is 0.306. The quantitative estimate of drug-likeness (QED) is 0.548. The second-order valence-electron chi connectivity index (χ2n) is 6.86. The minimum Gasteiger partial charge on any atom is -0.327 e. The molecule has 4 rings (SSSR count). The number of aromatic amines is 1. The van der Waals surface area contributed by atoms with E-state index in [2.05, 4.69) is 15.0 Å². The summed E-state index contributed by atoms with van der Waals surface area (Å²) in [6.45, 7) is 4.51. The van der Waals surface area contributed by atoms with Crippen LogP contribution < -0.4 is 5.56 Å². The van der Waals surface area contributed by atoms with Gasteiger partial charge in [0.05, 0.1) is 17.5 Å². The monoisotopic (exact) mass is 404 g/mol. The number of nitrogens with one attached hydrogen (secondary N) is 1. The van der Waals surface area contributed by atoms with Crippen molar-refractivity contribution < 1.29 is 4.79 Å². The van der Waals surface area contributed by atoms with Crippen LogP contribution in [-0.4, -0.2) is 25.8 Å². The lowest BCUT2D eigenvalue weighted by molar-refractivity contribution is 0.0725. The Hall–Kier alpha value is -3.32. The average Bonchev–Trinajstić information content (AvgIpc) is 3.02. The third kappa shape index (κ3) is 3.95. The summed E-state index contributed by atoms with van der Waals surface area (Å²) in [7, 11) is 0. The predicted molar refractivity (Wildman–Crippen MR) is 114 cm³/mol. The van der Waals surface area contributed by atoms with E-state index in [0.717, 1.165) is 16.0 Å². The number of carbonyl (C=O) groups is 1. The van der Waals surface area contributed by atoms with Crippen molar-refractivity contribution in [2.24, 2.45) is 0 Å². The van der Waals surface area contributed by atoms with Gasteiger partial charge in [-0.25, -0.2) is 4.98 Å². The molecule has 0 spiro atoms. The number of aryl methyl sites for hydroxylation is 2. The van der Waals surface area contributed by atoms with Gasteiger partial charge in [-0.05, 0) is 37.1 Å². The van der Waals surface area contributed by atoms with E-state index in [1.165, 1.54) is 11.3 Å². The molecule has 0 saturated heterocycles. The van der Waals surface area contributed by atoms with Crippen LogP contribution in [0.4, 0.5) is 0 Å². The zero-order valence-electron chi connectivity index (χ0n) is 16.2. The van der Waals surface area contributed by atoms with E-state index in [9.17, 15) is 9.59 Å². The van der Waals surface area contributed by atoms with E-state index in [1.54, 1.807) is 29.4 Å². The molecule has 29 heavy (non-hydrogen) atoms. The normalized spacial score (nSPS) is 11.0. The zero-order valence-corrected chi connectivity index (χ0v) is 17.0. The van der Waals surface area contributed by atoms with Gasteiger partial charge in [0.1, 0.15) is 10.7 Å². The molecule has 3 heterocycles. The Kier molecular flexibility index (Phi) is 5.22. The van der Waals surface area contributed by atoms with Crippen LogP contribution in [0.15, 0.2) is 59.7 Å². The first-order valence-electron chi connectivity index (χ1n) is 9.25. The summed E-state index contributed by atoms with van der Waals surface area (Å²) >= 11 is 1.50. The van der Waals surface area contributed by atoms with Gasteiger partial charge in [-0.2, -0.15) is 0 Å². The number of H-pyrrole nitrogens is 1. The molecule has 0 radical (unpaired) electrons. The second-order valence-corrected chi connectivity index (χ2v) is 8.07. The standard InChI is InChI=1S/C22H20N4O2S/c1-14-15(2)29-21-19(14)20(27)24-18(25-21)13-26(12-16-7-4-3-5-8-16)22(28)17-9-6-10-23-11-17/h3-11H,12-13H2,1-2H3,(H,24,25,27). The predicted octanol–water partition coefficient (Wildman–Crippen LogP) is 3.84. The van der Waals surface area contributed by atoms with Gasteiger partial charge >= 0.3 is 0 Å². The number of thiophene rings is 1. The number of carbonyl (C=O) groups excluding carboxylic acids is 1. The van der Waals surface area contributed by atoms with Gasteiger partial charge in [0.15, 0.2) is 0 Å². The van der Waals surface area contributed by atoms with Crippen molar-refractivity contribution in [1.82, 2.24) is 19.9 Å². The number of pyridine rings is 1. The minimum atomic E-state index is -0.166. The van der Waals surface area contributed by atoms with E-state index in [-0.39, 0.29) is 18.0 Å². The van der Waals surface area contributed by atoms with Crippen molar-refractivity contribution in [3.05, 3.63) is 92.6 Å². The van der Waals surface area contributed by atoms with Gasteiger partial charge in [0.2, 0.25) is 0 Å². The van der Waals surface area contributed by atoms with Crippen molar-refractivity contribution >= 4 is 27.5 Å². The van der Waals surface area contributed by atoms with Crippen LogP contribution in [0.5, 0.6) is 0 Å². The molecule has 1 N–H and O–H groups in total. The summed E-state index contributed by atoms with van der Waals surface area (Å²) in [5, 5.41) is 0.629. The van der Waals surface area contributed by atoms with Crippen molar-refractivity contribution in [3.63, 3.8) is 0 Å². The Morgan fingerprint density at radius 2 is 1.90 bits per heavy atom. The highest BCUT2D eigenvalue weighted by atomic mass is 32.1. The molecular weight excluding hydrogens is 384 g/mol. The maximum Gasteiger partial charge on any atom is 0.259 e. The van der Waals surface area contributed by atoms with Crippen molar-refractivity contribution in [1.29, 1.82) is 0 Å². The van der Waals surface area contributed by atoms with Crippen molar-refractivity contribution in [2.45, 2.75) is 26.9 Å². The lowest BCUT2D eigenvalue weighted by Crippen LogP contribution is -2.31. The van der Waals surface area contributed by atoms with E-state index in [0.29, 0.717) is 28.1 Å². The second kappa shape index (κ2) is 7.97. The Bertz CT molecular complexity index is 1220. The topological polar surface area (TPSA) is 79.0 Å². The molecule has 0 saturated carbocycles. The molecular formula is C22H20N4O2S. The third-order valence-corrected chi connectivity index (χ3v) is 5.94. The highest BCUT2D eigenvalue weighted by Crippen LogP contribution is 2.26. The highest BCUT2D eigenvalue weighted by molar-refractivity contribution is 7.18. The molecule has 0 unspecified atom stereocenters.